The lowest BCUT2D eigenvalue weighted by molar-refractivity contribution is -0.141. The topological polar surface area (TPSA) is 78.1 Å². The van der Waals surface area contributed by atoms with E-state index in [0.717, 1.165) is 10.9 Å². The number of ether oxygens (including phenoxy) is 2. The van der Waals surface area contributed by atoms with Crippen molar-refractivity contribution in [3.05, 3.63) is 59.8 Å². The maximum atomic E-state index is 13.2. The number of aromatic nitrogens is 2. The van der Waals surface area contributed by atoms with E-state index in [1.807, 2.05) is 0 Å². The molecule has 0 aliphatic heterocycles. The van der Waals surface area contributed by atoms with Gasteiger partial charge in [-0.05, 0) is 48.5 Å². The van der Waals surface area contributed by atoms with Crippen molar-refractivity contribution in [2.45, 2.75) is 6.18 Å². The zero-order valence-corrected chi connectivity index (χ0v) is 15.3. The van der Waals surface area contributed by atoms with Crippen LogP contribution < -0.4 is 9.47 Å². The van der Waals surface area contributed by atoms with Crippen LogP contribution in [0.15, 0.2) is 53.7 Å². The highest BCUT2D eigenvalue weighted by Gasteiger charge is 2.39. The number of rotatable bonds is 6. The van der Waals surface area contributed by atoms with Crippen molar-refractivity contribution in [2.24, 2.45) is 12.2 Å². The molecule has 0 amide bonds. The van der Waals surface area contributed by atoms with Gasteiger partial charge in [-0.3, -0.25) is 0 Å². The molecule has 0 saturated heterocycles. The number of nitrogens with zero attached hydrogens (tertiary/aromatic N) is 3. The zero-order valence-electron chi connectivity index (χ0n) is 15.3. The van der Waals surface area contributed by atoms with Gasteiger partial charge in [0, 0.05) is 7.05 Å². The van der Waals surface area contributed by atoms with Crippen molar-refractivity contribution in [1.29, 1.82) is 0 Å². The van der Waals surface area contributed by atoms with E-state index >= 15 is 0 Å². The standard InChI is InChI=1S/C19H16F3N3O4/c1-25-18(16(11-23-27-2)17(24-25)19(20,21)22)29-15-9-7-14(8-10-15)28-13-5-3-12(26)4-6-13/h3-11,26H,1-2H3/b23-11+. The van der Waals surface area contributed by atoms with Crippen molar-refractivity contribution >= 4 is 6.21 Å². The Balaban J connectivity index is 1.83. The minimum atomic E-state index is -4.68. The Morgan fingerprint density at radius 3 is 2.00 bits per heavy atom. The number of hydrogen-bond acceptors (Lipinski definition) is 6. The van der Waals surface area contributed by atoms with Gasteiger partial charge in [-0.1, -0.05) is 5.16 Å². The average Bonchev–Trinajstić information content (AvgIpc) is 2.99. The molecule has 0 fully saturated rings. The number of aromatic hydroxyl groups is 1. The summed E-state index contributed by atoms with van der Waals surface area (Å²) >= 11 is 0. The monoisotopic (exact) mass is 407 g/mol. The minimum Gasteiger partial charge on any atom is -0.508 e. The van der Waals surface area contributed by atoms with Crippen LogP contribution in [0.4, 0.5) is 13.2 Å². The Kier molecular flexibility index (Phi) is 5.62. The van der Waals surface area contributed by atoms with Gasteiger partial charge in [-0.2, -0.15) is 18.3 Å². The fourth-order valence-corrected chi connectivity index (χ4v) is 2.41. The van der Waals surface area contributed by atoms with Crippen LogP contribution in [0.3, 0.4) is 0 Å². The summed E-state index contributed by atoms with van der Waals surface area (Å²) in [5.74, 6) is 1.22. The van der Waals surface area contributed by atoms with Gasteiger partial charge in [0.05, 0.1) is 11.8 Å². The van der Waals surface area contributed by atoms with Crippen LogP contribution in [0.5, 0.6) is 28.9 Å². The second kappa shape index (κ2) is 8.13. The Hall–Kier alpha value is -3.69. The lowest BCUT2D eigenvalue weighted by Crippen LogP contribution is -2.09. The van der Waals surface area contributed by atoms with Gasteiger partial charge < -0.3 is 19.4 Å². The third-order valence-corrected chi connectivity index (χ3v) is 3.70. The Morgan fingerprint density at radius 1 is 0.966 bits per heavy atom. The molecular weight excluding hydrogens is 391 g/mol. The summed E-state index contributed by atoms with van der Waals surface area (Å²) in [6.45, 7) is 0. The van der Waals surface area contributed by atoms with Crippen LogP contribution in [-0.4, -0.2) is 28.2 Å². The van der Waals surface area contributed by atoms with Gasteiger partial charge in [-0.25, -0.2) is 4.68 Å². The van der Waals surface area contributed by atoms with Crippen LogP contribution >= 0.6 is 0 Å². The summed E-state index contributed by atoms with van der Waals surface area (Å²) in [6.07, 6.45) is -3.79. The maximum absolute atomic E-state index is 13.2. The van der Waals surface area contributed by atoms with E-state index in [1.165, 1.54) is 38.4 Å². The van der Waals surface area contributed by atoms with Gasteiger partial charge in [-0.15, -0.1) is 0 Å². The Bertz CT molecular complexity index is 997. The highest BCUT2D eigenvalue weighted by Crippen LogP contribution is 2.36. The second-order valence-electron chi connectivity index (χ2n) is 5.78. The molecule has 0 saturated carbocycles. The molecule has 2 aromatic carbocycles. The minimum absolute atomic E-state index is 0.114. The molecule has 0 aliphatic carbocycles. The maximum Gasteiger partial charge on any atom is 0.435 e. The number of phenols is 1. The van der Waals surface area contributed by atoms with E-state index in [4.69, 9.17) is 9.47 Å². The molecule has 7 nitrogen and oxygen atoms in total. The zero-order chi connectivity index (χ0) is 21.0. The predicted octanol–water partition coefficient (Wildman–Crippen LogP) is 4.71. The smallest absolute Gasteiger partial charge is 0.435 e. The van der Waals surface area contributed by atoms with Crippen LogP contribution in [0.2, 0.25) is 0 Å². The first-order valence-electron chi connectivity index (χ1n) is 8.23. The molecule has 0 unspecified atom stereocenters. The summed E-state index contributed by atoms with van der Waals surface area (Å²) in [5, 5.41) is 16.2. The van der Waals surface area contributed by atoms with Crippen molar-refractivity contribution in [3.63, 3.8) is 0 Å². The lowest BCUT2D eigenvalue weighted by atomic mass is 10.2. The molecule has 1 N–H and O–H groups in total. The van der Waals surface area contributed by atoms with Crippen molar-refractivity contribution < 1.29 is 32.6 Å². The summed E-state index contributed by atoms with van der Waals surface area (Å²) in [5.41, 5.74) is -1.49. The molecule has 0 radical (unpaired) electrons. The third kappa shape index (κ3) is 4.78. The summed E-state index contributed by atoms with van der Waals surface area (Å²) in [6, 6.07) is 12.4. The number of aryl methyl sites for hydroxylation is 1. The first kappa shape index (κ1) is 20.1. The van der Waals surface area contributed by atoms with Crippen LogP contribution in [-0.2, 0) is 18.1 Å². The number of benzene rings is 2. The van der Waals surface area contributed by atoms with E-state index in [-0.39, 0.29) is 22.9 Å². The van der Waals surface area contributed by atoms with E-state index < -0.39 is 11.9 Å². The van der Waals surface area contributed by atoms with Crippen molar-refractivity contribution in [3.8, 4) is 28.9 Å². The Morgan fingerprint density at radius 2 is 1.48 bits per heavy atom. The summed E-state index contributed by atoms with van der Waals surface area (Å²) in [4.78, 5) is 4.48. The molecular formula is C19H16F3N3O4. The molecule has 1 aromatic heterocycles. The molecule has 3 aromatic rings. The summed E-state index contributed by atoms with van der Waals surface area (Å²) < 4.78 is 51.9. The fraction of sp³-hybridized carbons (Fsp3) is 0.158. The molecule has 0 spiro atoms. The fourth-order valence-electron chi connectivity index (χ4n) is 2.41. The number of oxime groups is 1. The van der Waals surface area contributed by atoms with E-state index in [0.29, 0.717) is 11.5 Å². The number of alkyl halides is 3. The van der Waals surface area contributed by atoms with Crippen molar-refractivity contribution in [1.82, 2.24) is 9.78 Å². The number of hydrogen-bond donors (Lipinski definition) is 1. The van der Waals surface area contributed by atoms with Crippen LogP contribution in [0.1, 0.15) is 11.3 Å². The second-order valence-corrected chi connectivity index (χ2v) is 5.78. The SMILES string of the molecule is CO/N=C/c1c(C(F)(F)F)nn(C)c1Oc1ccc(Oc2ccc(O)cc2)cc1. The van der Waals surface area contributed by atoms with Gasteiger partial charge in [0.2, 0.25) is 5.88 Å². The van der Waals surface area contributed by atoms with E-state index in [9.17, 15) is 18.3 Å². The highest BCUT2D eigenvalue weighted by molar-refractivity contribution is 5.84. The molecule has 152 valence electrons. The molecule has 3 rings (SSSR count). The van der Waals surface area contributed by atoms with Crippen molar-refractivity contribution in [2.75, 3.05) is 7.11 Å². The molecule has 0 atom stereocenters. The quantitative estimate of drug-likeness (QED) is 0.473. The van der Waals surface area contributed by atoms with Gasteiger partial charge in [0.1, 0.15) is 30.1 Å². The normalized spacial score (nSPS) is 11.6. The van der Waals surface area contributed by atoms with Crippen LogP contribution in [0, 0.1) is 0 Å². The molecule has 1 heterocycles. The third-order valence-electron chi connectivity index (χ3n) is 3.70. The number of phenolic OH excluding ortho intramolecular Hbond substituents is 1. The molecule has 10 heteroatoms. The van der Waals surface area contributed by atoms with E-state index in [2.05, 4.69) is 15.1 Å². The van der Waals surface area contributed by atoms with Gasteiger partial charge in [0.25, 0.3) is 0 Å². The largest absolute Gasteiger partial charge is 0.508 e. The van der Waals surface area contributed by atoms with Gasteiger partial charge >= 0.3 is 6.18 Å². The summed E-state index contributed by atoms with van der Waals surface area (Å²) in [7, 11) is 2.55. The highest BCUT2D eigenvalue weighted by atomic mass is 19.4. The molecule has 0 aliphatic rings. The molecule has 29 heavy (non-hydrogen) atoms. The first-order chi connectivity index (χ1) is 13.8. The number of halogens is 3. The van der Waals surface area contributed by atoms with Gasteiger partial charge in [0.15, 0.2) is 5.69 Å². The lowest BCUT2D eigenvalue weighted by Gasteiger charge is -2.09. The molecule has 0 bridgehead atoms. The van der Waals surface area contributed by atoms with E-state index in [1.54, 1.807) is 24.3 Å². The average molecular weight is 407 g/mol. The first-order valence-corrected chi connectivity index (χ1v) is 8.23. The predicted molar refractivity (Wildman–Crippen MR) is 97.5 cm³/mol. The van der Waals surface area contributed by atoms with Crippen LogP contribution in [0.25, 0.3) is 0 Å². The Labute approximate surface area is 163 Å².